The molecule has 0 unspecified atom stereocenters. The zero-order valence-corrected chi connectivity index (χ0v) is 12.6. The average molecular weight is 311 g/mol. The lowest BCUT2D eigenvalue weighted by molar-refractivity contribution is -0.143. The zero-order valence-electron chi connectivity index (χ0n) is 12.6. The summed E-state index contributed by atoms with van der Waals surface area (Å²) in [7, 11) is 1.47. The highest BCUT2D eigenvalue weighted by molar-refractivity contribution is 5.89. The van der Waals surface area contributed by atoms with Crippen LogP contribution in [0.25, 0.3) is 10.9 Å². The molecule has 1 aromatic heterocycles. The Labute approximate surface area is 131 Å². The van der Waals surface area contributed by atoms with Crippen LogP contribution in [0.4, 0.5) is 0 Å². The van der Waals surface area contributed by atoms with Crippen molar-refractivity contribution < 1.29 is 14.3 Å². The Morgan fingerprint density at radius 3 is 2.52 bits per heavy atom. The number of methoxy groups -OCH3 is 1. The molecule has 0 saturated heterocycles. The van der Waals surface area contributed by atoms with Gasteiger partial charge in [0, 0.05) is 5.39 Å². The van der Waals surface area contributed by atoms with Gasteiger partial charge >= 0.3 is 5.97 Å². The molecule has 7 nitrogen and oxygen atoms in total. The molecule has 0 amide bonds. The van der Waals surface area contributed by atoms with E-state index in [0.29, 0.717) is 16.7 Å². The molecule has 2 rings (SSSR count). The van der Waals surface area contributed by atoms with Gasteiger partial charge in [-0.3, -0.25) is 14.2 Å². The van der Waals surface area contributed by atoms with Gasteiger partial charge in [0.25, 0.3) is 5.56 Å². The average Bonchev–Trinajstić information content (AvgIpc) is 2.56. The quantitative estimate of drug-likeness (QED) is 0.788. The molecular formula is C16H13N3O4. The molecule has 0 spiro atoms. The van der Waals surface area contributed by atoms with Crippen molar-refractivity contribution >= 4 is 16.9 Å². The van der Waals surface area contributed by atoms with Crippen molar-refractivity contribution in [3.05, 3.63) is 39.7 Å². The Hall–Kier alpha value is -3.32. The standard InChI is InChI=1S/C16H13N3O4/c1-3-23-15(20)9-19-14-5-4-10(22-2)6-11(14)12(7-17)13(8-18)16(19)21/h4-6H,3,9H2,1-2H3. The summed E-state index contributed by atoms with van der Waals surface area (Å²) in [6, 6.07) is 8.35. The molecule has 23 heavy (non-hydrogen) atoms. The van der Waals surface area contributed by atoms with Crippen molar-refractivity contribution in [1.82, 2.24) is 4.57 Å². The summed E-state index contributed by atoms with van der Waals surface area (Å²) in [4.78, 5) is 24.2. The van der Waals surface area contributed by atoms with Crippen molar-refractivity contribution in [2.75, 3.05) is 13.7 Å². The molecule has 0 N–H and O–H groups in total. The number of ether oxygens (including phenoxy) is 2. The highest BCUT2D eigenvalue weighted by Gasteiger charge is 2.19. The van der Waals surface area contributed by atoms with E-state index in [1.807, 2.05) is 6.07 Å². The van der Waals surface area contributed by atoms with E-state index in [9.17, 15) is 20.1 Å². The van der Waals surface area contributed by atoms with Crippen LogP contribution in [0.3, 0.4) is 0 Å². The number of nitriles is 2. The minimum Gasteiger partial charge on any atom is -0.497 e. The fourth-order valence-corrected chi connectivity index (χ4v) is 2.28. The second-order valence-corrected chi connectivity index (χ2v) is 4.55. The Bertz CT molecular complexity index is 916. The SMILES string of the molecule is CCOC(=O)Cn1c(=O)c(C#N)c(C#N)c2cc(OC)ccc21. The lowest BCUT2D eigenvalue weighted by Gasteiger charge is -2.13. The Kier molecular flexibility index (Phi) is 4.63. The summed E-state index contributed by atoms with van der Waals surface area (Å²) in [6.07, 6.45) is 0. The first kappa shape index (κ1) is 16.1. The van der Waals surface area contributed by atoms with Crippen LogP contribution in [0.2, 0.25) is 0 Å². The molecule has 0 atom stereocenters. The van der Waals surface area contributed by atoms with Gasteiger partial charge in [0.15, 0.2) is 0 Å². The molecule has 0 fully saturated rings. The lowest BCUT2D eigenvalue weighted by Crippen LogP contribution is -2.28. The number of rotatable bonds is 4. The van der Waals surface area contributed by atoms with E-state index in [-0.39, 0.29) is 24.3 Å². The highest BCUT2D eigenvalue weighted by Crippen LogP contribution is 2.24. The summed E-state index contributed by atoms with van der Waals surface area (Å²) in [5, 5.41) is 18.9. The molecule has 0 aliphatic carbocycles. The van der Waals surface area contributed by atoms with Gasteiger partial charge in [-0.15, -0.1) is 0 Å². The predicted octanol–water partition coefficient (Wildman–Crippen LogP) is 1.32. The number of benzene rings is 1. The van der Waals surface area contributed by atoms with Crippen molar-refractivity contribution in [3.8, 4) is 17.9 Å². The van der Waals surface area contributed by atoms with E-state index in [4.69, 9.17) is 9.47 Å². The van der Waals surface area contributed by atoms with Crippen LogP contribution in [0.15, 0.2) is 23.0 Å². The van der Waals surface area contributed by atoms with Crippen LogP contribution >= 0.6 is 0 Å². The first-order valence-electron chi connectivity index (χ1n) is 6.77. The van der Waals surface area contributed by atoms with E-state index in [0.717, 1.165) is 4.57 Å². The minimum atomic E-state index is -0.699. The first-order chi connectivity index (χ1) is 11.1. The number of hydrogen-bond acceptors (Lipinski definition) is 6. The molecule has 0 saturated carbocycles. The Morgan fingerprint density at radius 1 is 1.26 bits per heavy atom. The number of pyridine rings is 1. The number of carbonyl (C=O) groups is 1. The van der Waals surface area contributed by atoms with Crippen molar-refractivity contribution in [1.29, 1.82) is 10.5 Å². The third-order valence-electron chi connectivity index (χ3n) is 3.29. The lowest BCUT2D eigenvalue weighted by atomic mass is 10.0. The molecule has 116 valence electrons. The summed E-state index contributed by atoms with van der Waals surface area (Å²) in [5.74, 6) is -0.125. The van der Waals surface area contributed by atoms with Gasteiger partial charge < -0.3 is 9.47 Å². The molecule has 0 radical (unpaired) electrons. The maximum atomic E-state index is 12.4. The van der Waals surface area contributed by atoms with E-state index >= 15 is 0 Å². The molecule has 1 aromatic carbocycles. The zero-order chi connectivity index (χ0) is 17.0. The van der Waals surface area contributed by atoms with Gasteiger partial charge in [-0.25, -0.2) is 0 Å². The van der Waals surface area contributed by atoms with Crippen LogP contribution in [-0.4, -0.2) is 24.3 Å². The minimum absolute atomic E-state index is 0.0356. The second-order valence-electron chi connectivity index (χ2n) is 4.55. The summed E-state index contributed by atoms with van der Waals surface area (Å²) < 4.78 is 11.1. The highest BCUT2D eigenvalue weighted by atomic mass is 16.5. The summed E-state index contributed by atoms with van der Waals surface area (Å²) >= 11 is 0. The monoisotopic (exact) mass is 311 g/mol. The smallest absolute Gasteiger partial charge is 0.326 e. The maximum Gasteiger partial charge on any atom is 0.326 e. The van der Waals surface area contributed by atoms with Gasteiger partial charge in [-0.2, -0.15) is 10.5 Å². The second kappa shape index (κ2) is 6.63. The van der Waals surface area contributed by atoms with Crippen molar-refractivity contribution in [2.24, 2.45) is 0 Å². The van der Waals surface area contributed by atoms with Gasteiger partial charge in [0.1, 0.15) is 30.0 Å². The number of esters is 1. The number of fused-ring (bicyclic) bond motifs is 1. The molecule has 0 aliphatic rings. The third-order valence-corrected chi connectivity index (χ3v) is 3.29. The normalized spacial score (nSPS) is 9.91. The van der Waals surface area contributed by atoms with Gasteiger partial charge in [-0.1, -0.05) is 0 Å². The molecular weight excluding hydrogens is 298 g/mol. The molecule has 0 bridgehead atoms. The number of carbonyl (C=O) groups excluding carboxylic acids is 1. The number of aromatic nitrogens is 1. The van der Waals surface area contributed by atoms with Crippen LogP contribution < -0.4 is 10.3 Å². The maximum absolute atomic E-state index is 12.4. The topological polar surface area (TPSA) is 105 Å². The van der Waals surface area contributed by atoms with Crippen LogP contribution in [0, 0.1) is 22.7 Å². The van der Waals surface area contributed by atoms with Crippen LogP contribution in [0.1, 0.15) is 18.1 Å². The fraction of sp³-hybridized carbons (Fsp3) is 0.250. The van der Waals surface area contributed by atoms with E-state index in [1.165, 1.54) is 7.11 Å². The number of hydrogen-bond donors (Lipinski definition) is 0. The largest absolute Gasteiger partial charge is 0.497 e. The van der Waals surface area contributed by atoms with E-state index in [1.54, 1.807) is 31.2 Å². The number of nitrogens with zero attached hydrogens (tertiary/aromatic N) is 3. The van der Waals surface area contributed by atoms with Crippen molar-refractivity contribution in [2.45, 2.75) is 13.5 Å². The molecule has 2 aromatic rings. The van der Waals surface area contributed by atoms with Crippen LogP contribution in [0.5, 0.6) is 5.75 Å². The Balaban J connectivity index is 2.84. The van der Waals surface area contributed by atoms with E-state index < -0.39 is 11.5 Å². The molecule has 7 heteroatoms. The fourth-order valence-electron chi connectivity index (χ4n) is 2.28. The first-order valence-corrected chi connectivity index (χ1v) is 6.77. The third kappa shape index (κ3) is 2.85. The van der Waals surface area contributed by atoms with Crippen LogP contribution in [-0.2, 0) is 16.1 Å². The van der Waals surface area contributed by atoms with E-state index in [2.05, 4.69) is 0 Å². The Morgan fingerprint density at radius 2 is 1.96 bits per heavy atom. The van der Waals surface area contributed by atoms with Gasteiger partial charge in [-0.05, 0) is 25.1 Å². The summed E-state index contributed by atoms with van der Waals surface area (Å²) in [6.45, 7) is 1.50. The predicted molar refractivity (Wildman–Crippen MR) is 80.8 cm³/mol. The van der Waals surface area contributed by atoms with Crippen molar-refractivity contribution in [3.63, 3.8) is 0 Å². The van der Waals surface area contributed by atoms with Gasteiger partial charge in [0.05, 0.1) is 24.8 Å². The molecule has 1 heterocycles. The van der Waals surface area contributed by atoms with Gasteiger partial charge in [0.2, 0.25) is 0 Å². The molecule has 0 aliphatic heterocycles. The summed E-state index contributed by atoms with van der Waals surface area (Å²) in [5.41, 5.74) is -0.682.